The molecule has 0 aliphatic carbocycles. The van der Waals surface area contributed by atoms with E-state index in [1.165, 1.54) is 11.8 Å². The third-order valence-corrected chi connectivity index (χ3v) is 7.22. The third-order valence-electron chi connectivity index (χ3n) is 4.57. The summed E-state index contributed by atoms with van der Waals surface area (Å²) in [4.78, 5) is 14.7. The van der Waals surface area contributed by atoms with Gasteiger partial charge in [-0.2, -0.15) is 0 Å². The predicted octanol–water partition coefficient (Wildman–Crippen LogP) is 1.74. The summed E-state index contributed by atoms with van der Waals surface area (Å²) in [6.07, 6.45) is 0.477. The van der Waals surface area contributed by atoms with Crippen molar-refractivity contribution in [3.05, 3.63) is 35.9 Å². The molecule has 1 saturated heterocycles. The summed E-state index contributed by atoms with van der Waals surface area (Å²) in [5, 5.41) is 12.3. The highest BCUT2D eigenvalue weighted by atomic mass is 32.2. The molecule has 1 fully saturated rings. The van der Waals surface area contributed by atoms with E-state index in [2.05, 4.69) is 15.5 Å². The fraction of sp³-hybridized carbons (Fsp3) is 0.556. The number of rotatable bonds is 6. The van der Waals surface area contributed by atoms with Crippen molar-refractivity contribution >= 4 is 27.5 Å². The maximum atomic E-state index is 13.0. The van der Waals surface area contributed by atoms with Crippen molar-refractivity contribution < 1.29 is 13.2 Å². The first-order valence-corrected chi connectivity index (χ1v) is 11.9. The topological polar surface area (TPSA) is 98.1 Å². The molecular formula is C18H25N5O3S2. The Kier molecular flexibility index (Phi) is 6.09. The van der Waals surface area contributed by atoms with E-state index in [0.29, 0.717) is 18.1 Å². The lowest BCUT2D eigenvalue weighted by atomic mass is 10.1. The van der Waals surface area contributed by atoms with Crippen LogP contribution < -0.4 is 0 Å². The van der Waals surface area contributed by atoms with Gasteiger partial charge in [-0.15, -0.1) is 5.10 Å². The van der Waals surface area contributed by atoms with Crippen LogP contribution in [0, 0.1) is 0 Å². The van der Waals surface area contributed by atoms with E-state index in [1.807, 2.05) is 51.1 Å². The highest BCUT2D eigenvalue weighted by molar-refractivity contribution is 7.99. The van der Waals surface area contributed by atoms with E-state index in [-0.39, 0.29) is 34.7 Å². The van der Waals surface area contributed by atoms with E-state index >= 15 is 0 Å². The van der Waals surface area contributed by atoms with Crippen LogP contribution >= 0.6 is 11.8 Å². The van der Waals surface area contributed by atoms with Gasteiger partial charge in [-0.25, -0.2) is 13.1 Å². The van der Waals surface area contributed by atoms with Crippen molar-refractivity contribution in [2.24, 2.45) is 0 Å². The number of thioether (sulfide) groups is 1. The van der Waals surface area contributed by atoms with Crippen molar-refractivity contribution in [2.75, 3.05) is 17.3 Å². The SMILES string of the molecule is CC(C)(C)n1nnnc1SCC(=O)N(Cc1ccccc1)[C@H]1CCS(=O)(=O)C1. The number of hydrogen-bond acceptors (Lipinski definition) is 7. The van der Waals surface area contributed by atoms with Crippen molar-refractivity contribution in [2.45, 2.75) is 50.5 Å². The highest BCUT2D eigenvalue weighted by Gasteiger charge is 2.35. The molecule has 1 atom stereocenters. The fourth-order valence-electron chi connectivity index (χ4n) is 3.12. The second-order valence-corrected chi connectivity index (χ2v) is 11.1. The molecule has 10 heteroatoms. The summed E-state index contributed by atoms with van der Waals surface area (Å²) in [6.45, 7) is 6.35. The largest absolute Gasteiger partial charge is 0.334 e. The van der Waals surface area contributed by atoms with Gasteiger partial charge in [0.15, 0.2) is 9.84 Å². The van der Waals surface area contributed by atoms with Crippen molar-refractivity contribution in [1.29, 1.82) is 0 Å². The van der Waals surface area contributed by atoms with E-state index in [1.54, 1.807) is 9.58 Å². The minimum atomic E-state index is -3.09. The number of tetrazole rings is 1. The van der Waals surface area contributed by atoms with E-state index in [4.69, 9.17) is 0 Å². The van der Waals surface area contributed by atoms with Gasteiger partial charge in [0, 0.05) is 12.6 Å². The zero-order valence-electron chi connectivity index (χ0n) is 16.3. The Morgan fingerprint density at radius 1 is 1.29 bits per heavy atom. The average molecular weight is 424 g/mol. The molecule has 1 aromatic heterocycles. The van der Waals surface area contributed by atoms with Gasteiger partial charge in [0.25, 0.3) is 0 Å². The van der Waals surface area contributed by atoms with Crippen molar-refractivity contribution in [1.82, 2.24) is 25.1 Å². The smallest absolute Gasteiger partial charge is 0.233 e. The second kappa shape index (κ2) is 8.20. The van der Waals surface area contributed by atoms with Crippen LogP contribution in [0.3, 0.4) is 0 Å². The first-order valence-electron chi connectivity index (χ1n) is 9.11. The number of aromatic nitrogens is 4. The summed E-state index contributed by atoms with van der Waals surface area (Å²) >= 11 is 1.27. The van der Waals surface area contributed by atoms with Gasteiger partial charge >= 0.3 is 0 Å². The molecule has 0 N–H and O–H groups in total. The average Bonchev–Trinajstić information content (AvgIpc) is 3.24. The van der Waals surface area contributed by atoms with Crippen molar-refractivity contribution in [3.8, 4) is 0 Å². The molecule has 2 heterocycles. The Hall–Kier alpha value is -1.94. The summed E-state index contributed by atoms with van der Waals surface area (Å²) in [6, 6.07) is 9.33. The molecule has 0 radical (unpaired) electrons. The molecule has 2 aromatic rings. The number of sulfone groups is 1. The Labute approximate surface area is 169 Å². The van der Waals surface area contributed by atoms with Gasteiger partial charge in [-0.1, -0.05) is 42.1 Å². The Balaban J connectivity index is 1.74. The molecule has 3 rings (SSSR count). The monoisotopic (exact) mass is 423 g/mol. The number of carbonyl (C=O) groups excluding carboxylic acids is 1. The van der Waals surface area contributed by atoms with Crippen LogP contribution in [0.15, 0.2) is 35.5 Å². The number of carbonyl (C=O) groups is 1. The van der Waals surface area contributed by atoms with Gasteiger partial charge < -0.3 is 4.90 Å². The maximum absolute atomic E-state index is 13.0. The van der Waals surface area contributed by atoms with Crippen LogP contribution in [-0.2, 0) is 26.7 Å². The molecule has 0 saturated carbocycles. The first kappa shape index (κ1) is 20.8. The number of amides is 1. The Morgan fingerprint density at radius 3 is 2.61 bits per heavy atom. The number of benzene rings is 1. The quantitative estimate of drug-likeness (QED) is 0.653. The van der Waals surface area contributed by atoms with Crippen LogP contribution in [0.1, 0.15) is 32.8 Å². The molecule has 1 aliphatic heterocycles. The summed E-state index contributed by atoms with van der Waals surface area (Å²) in [5.74, 6) is 0.195. The van der Waals surface area contributed by atoms with Crippen LogP contribution in [0.25, 0.3) is 0 Å². The lowest BCUT2D eigenvalue weighted by molar-refractivity contribution is -0.130. The lowest BCUT2D eigenvalue weighted by Gasteiger charge is -2.28. The molecule has 1 aromatic carbocycles. The standard InChI is InChI=1S/C18H25N5O3S2/c1-18(2,3)23-17(19-20-21-23)27-12-16(24)22(11-14-7-5-4-6-8-14)15-9-10-28(25,26)13-15/h4-8,15H,9-13H2,1-3H3/t15-/m0/s1. The fourth-order valence-corrected chi connectivity index (χ4v) is 5.80. The summed E-state index contributed by atoms with van der Waals surface area (Å²) < 4.78 is 25.6. The molecule has 8 nitrogen and oxygen atoms in total. The van der Waals surface area contributed by atoms with Gasteiger partial charge in [-0.05, 0) is 43.2 Å². The minimum absolute atomic E-state index is 0.0238. The van der Waals surface area contributed by atoms with Crippen LogP contribution in [-0.4, -0.2) is 62.7 Å². The highest BCUT2D eigenvalue weighted by Crippen LogP contribution is 2.24. The van der Waals surface area contributed by atoms with Crippen LogP contribution in [0.5, 0.6) is 0 Å². The van der Waals surface area contributed by atoms with E-state index in [9.17, 15) is 13.2 Å². The zero-order valence-corrected chi connectivity index (χ0v) is 17.9. The molecule has 152 valence electrons. The van der Waals surface area contributed by atoms with Gasteiger partial charge in [0.05, 0.1) is 22.8 Å². The van der Waals surface area contributed by atoms with Crippen molar-refractivity contribution in [3.63, 3.8) is 0 Å². The van der Waals surface area contributed by atoms with E-state index in [0.717, 1.165) is 5.56 Å². The zero-order chi connectivity index (χ0) is 20.4. The lowest BCUT2D eigenvalue weighted by Crippen LogP contribution is -2.41. The molecule has 1 aliphatic rings. The molecule has 28 heavy (non-hydrogen) atoms. The maximum Gasteiger partial charge on any atom is 0.233 e. The summed E-state index contributed by atoms with van der Waals surface area (Å²) in [7, 11) is -3.09. The third kappa shape index (κ3) is 5.11. The molecule has 0 unspecified atom stereocenters. The predicted molar refractivity (Wildman–Crippen MR) is 108 cm³/mol. The van der Waals surface area contributed by atoms with E-state index < -0.39 is 9.84 Å². The molecular weight excluding hydrogens is 398 g/mol. The van der Waals surface area contributed by atoms with Gasteiger partial charge in [-0.3, -0.25) is 4.79 Å². The normalized spacial score (nSPS) is 18.9. The minimum Gasteiger partial charge on any atom is -0.334 e. The number of hydrogen-bond donors (Lipinski definition) is 0. The Morgan fingerprint density at radius 2 is 2.00 bits per heavy atom. The number of nitrogens with zero attached hydrogens (tertiary/aromatic N) is 5. The second-order valence-electron chi connectivity index (χ2n) is 7.90. The van der Waals surface area contributed by atoms with Gasteiger partial charge in [0.1, 0.15) is 0 Å². The summed E-state index contributed by atoms with van der Waals surface area (Å²) in [5.41, 5.74) is 0.683. The molecule has 0 bridgehead atoms. The van der Waals surface area contributed by atoms with Gasteiger partial charge in [0.2, 0.25) is 11.1 Å². The molecule has 0 spiro atoms. The first-order chi connectivity index (χ1) is 13.2. The van der Waals surface area contributed by atoms with Crippen LogP contribution in [0.2, 0.25) is 0 Å². The molecule has 1 amide bonds. The Bertz CT molecular complexity index is 922. The van der Waals surface area contributed by atoms with Crippen LogP contribution in [0.4, 0.5) is 0 Å².